The van der Waals surface area contributed by atoms with Gasteiger partial charge in [-0.2, -0.15) is 18.3 Å². The highest BCUT2D eigenvalue weighted by atomic mass is 19.4. The van der Waals surface area contributed by atoms with Crippen LogP contribution in [-0.2, 0) is 11.0 Å². The predicted octanol–water partition coefficient (Wildman–Crippen LogP) is 4.90. The average Bonchev–Trinajstić information content (AvgIpc) is 3.39. The molecule has 1 heterocycles. The first kappa shape index (κ1) is 24.5. The zero-order chi connectivity index (χ0) is 25.7. The number of anilines is 3. The Morgan fingerprint density at radius 3 is 2.36 bits per heavy atom. The van der Waals surface area contributed by atoms with E-state index in [1.165, 1.54) is 23.4 Å². The maximum atomic E-state index is 13.2. The molecule has 11 heteroatoms. The fraction of sp³-hybridized carbons (Fsp3) is 0.120. The molecule has 0 saturated heterocycles. The topological polar surface area (TPSA) is 101 Å². The van der Waals surface area contributed by atoms with E-state index in [1.807, 2.05) is 6.07 Å². The van der Waals surface area contributed by atoms with Crippen molar-refractivity contribution in [2.45, 2.75) is 13.1 Å². The lowest BCUT2D eigenvalue weighted by Gasteiger charge is -2.16. The van der Waals surface area contributed by atoms with Gasteiger partial charge >= 0.3 is 6.18 Å². The van der Waals surface area contributed by atoms with Crippen LogP contribution in [0.4, 0.5) is 30.2 Å². The Kier molecular flexibility index (Phi) is 7.00. The summed E-state index contributed by atoms with van der Waals surface area (Å²) in [7, 11) is 0. The number of benzene rings is 3. The molecule has 1 aromatic heterocycles. The van der Waals surface area contributed by atoms with Gasteiger partial charge in [-0.15, -0.1) is 0 Å². The zero-order valence-electron chi connectivity index (χ0n) is 19.0. The fourth-order valence-electron chi connectivity index (χ4n) is 3.46. The zero-order valence-corrected chi connectivity index (χ0v) is 19.0. The normalized spacial score (nSPS) is 11.1. The molecule has 0 atom stereocenters. The highest BCUT2D eigenvalue weighted by Crippen LogP contribution is 2.33. The van der Waals surface area contributed by atoms with Gasteiger partial charge in [0.15, 0.2) is 0 Å². The lowest BCUT2D eigenvalue weighted by Crippen LogP contribution is -2.23. The number of alkyl halides is 3. The summed E-state index contributed by atoms with van der Waals surface area (Å²) in [5.41, 5.74) is 1.58. The van der Waals surface area contributed by atoms with Crippen LogP contribution in [0.15, 0.2) is 79.4 Å². The van der Waals surface area contributed by atoms with Crippen molar-refractivity contribution in [2.24, 2.45) is 0 Å². The Bertz CT molecular complexity index is 1370. The smallest absolute Gasteiger partial charge is 0.376 e. The van der Waals surface area contributed by atoms with Crippen LogP contribution in [0.3, 0.4) is 0 Å². The predicted molar refractivity (Wildman–Crippen MR) is 129 cm³/mol. The van der Waals surface area contributed by atoms with Gasteiger partial charge in [0.25, 0.3) is 5.91 Å². The summed E-state index contributed by atoms with van der Waals surface area (Å²) in [6, 6.07) is 16.9. The molecule has 3 N–H and O–H groups in total. The second-order valence-corrected chi connectivity index (χ2v) is 7.77. The summed E-state index contributed by atoms with van der Waals surface area (Å²) in [6.07, 6.45) is -2.04. The van der Waals surface area contributed by atoms with Crippen LogP contribution < -0.4 is 16.0 Å². The lowest BCUT2D eigenvalue weighted by atomic mass is 10.1. The first-order valence-corrected chi connectivity index (χ1v) is 10.8. The molecule has 36 heavy (non-hydrogen) atoms. The van der Waals surface area contributed by atoms with Crippen LogP contribution in [0.25, 0.3) is 5.69 Å². The quantitative estimate of drug-likeness (QED) is 0.339. The van der Waals surface area contributed by atoms with Gasteiger partial charge in [0.05, 0.1) is 23.5 Å². The molecular weight excluding hydrogens is 473 g/mol. The Hall–Kier alpha value is -4.67. The van der Waals surface area contributed by atoms with Gasteiger partial charge in [0.2, 0.25) is 5.91 Å². The summed E-state index contributed by atoms with van der Waals surface area (Å²) in [6.45, 7) is 1.54. The van der Waals surface area contributed by atoms with Gasteiger partial charge in [-0.1, -0.05) is 24.3 Å². The molecule has 8 nitrogen and oxygen atoms in total. The SMILES string of the molecule is Cc1c(NCC(=O)Nc2cc(C(F)(F)F)ccc2-n2cncn2)cccc1NC(=O)c1ccccc1. The maximum absolute atomic E-state index is 13.2. The molecule has 0 saturated carbocycles. The van der Waals surface area contributed by atoms with Crippen LogP contribution in [-0.4, -0.2) is 33.1 Å². The first-order valence-electron chi connectivity index (χ1n) is 10.8. The molecule has 0 aliphatic heterocycles. The van der Waals surface area contributed by atoms with E-state index in [9.17, 15) is 22.8 Å². The Balaban J connectivity index is 1.47. The minimum Gasteiger partial charge on any atom is -0.376 e. The molecule has 0 radical (unpaired) electrons. The molecular formula is C25H21F3N6O2. The van der Waals surface area contributed by atoms with E-state index in [4.69, 9.17) is 0 Å². The Morgan fingerprint density at radius 1 is 0.917 bits per heavy atom. The second-order valence-electron chi connectivity index (χ2n) is 7.77. The fourth-order valence-corrected chi connectivity index (χ4v) is 3.46. The lowest BCUT2D eigenvalue weighted by molar-refractivity contribution is -0.137. The molecule has 184 valence electrons. The standard InChI is InChI=1S/C25H21F3N6O2/c1-16-19(8-5-9-20(16)33-24(36)17-6-3-2-4-7-17)30-13-23(35)32-21-12-18(25(26,27)28)10-11-22(21)34-15-29-14-31-34/h2-12,14-15,30H,13H2,1H3,(H,32,35)(H,33,36). The van der Waals surface area contributed by atoms with Gasteiger partial charge in [0.1, 0.15) is 12.7 Å². The molecule has 0 unspecified atom stereocenters. The van der Waals surface area contributed by atoms with Crippen molar-refractivity contribution >= 4 is 28.9 Å². The van der Waals surface area contributed by atoms with Gasteiger partial charge in [-0.25, -0.2) is 9.67 Å². The van der Waals surface area contributed by atoms with Gasteiger partial charge in [0, 0.05) is 16.9 Å². The highest BCUT2D eigenvalue weighted by molar-refractivity contribution is 6.05. The van der Waals surface area contributed by atoms with E-state index in [-0.39, 0.29) is 23.8 Å². The largest absolute Gasteiger partial charge is 0.416 e. The minimum absolute atomic E-state index is 0.0669. The van der Waals surface area contributed by atoms with Crippen molar-refractivity contribution in [3.8, 4) is 5.69 Å². The molecule has 2 amide bonds. The van der Waals surface area contributed by atoms with E-state index in [2.05, 4.69) is 26.0 Å². The number of nitrogens with zero attached hydrogens (tertiary/aromatic N) is 3. The molecule has 0 aliphatic carbocycles. The van der Waals surface area contributed by atoms with Crippen molar-refractivity contribution < 1.29 is 22.8 Å². The number of aromatic nitrogens is 3. The van der Waals surface area contributed by atoms with Crippen molar-refractivity contribution in [2.75, 3.05) is 22.5 Å². The summed E-state index contributed by atoms with van der Waals surface area (Å²) in [5.74, 6) is -0.854. The Morgan fingerprint density at radius 2 is 1.67 bits per heavy atom. The molecule has 0 spiro atoms. The first-order chi connectivity index (χ1) is 17.2. The number of nitrogens with one attached hydrogen (secondary N) is 3. The van der Waals surface area contributed by atoms with Crippen molar-refractivity contribution in [3.05, 3.63) is 96.1 Å². The summed E-state index contributed by atoms with van der Waals surface area (Å²) < 4.78 is 41.0. The minimum atomic E-state index is -4.58. The summed E-state index contributed by atoms with van der Waals surface area (Å²) >= 11 is 0. The summed E-state index contributed by atoms with van der Waals surface area (Å²) in [4.78, 5) is 28.9. The van der Waals surface area contributed by atoms with E-state index >= 15 is 0 Å². The molecule has 0 bridgehead atoms. The van der Waals surface area contributed by atoms with Gasteiger partial charge < -0.3 is 16.0 Å². The number of hydrogen-bond acceptors (Lipinski definition) is 5. The van der Waals surface area contributed by atoms with E-state index in [0.29, 0.717) is 22.5 Å². The second kappa shape index (κ2) is 10.3. The molecule has 0 aliphatic rings. The van der Waals surface area contributed by atoms with E-state index in [1.54, 1.807) is 49.4 Å². The number of carbonyl (C=O) groups is 2. The van der Waals surface area contributed by atoms with Crippen molar-refractivity contribution in [3.63, 3.8) is 0 Å². The number of rotatable bonds is 7. The third-order valence-corrected chi connectivity index (χ3v) is 5.32. The number of halogens is 3. The third kappa shape index (κ3) is 5.69. The number of amides is 2. The van der Waals surface area contributed by atoms with Gasteiger partial charge in [-0.3, -0.25) is 9.59 Å². The van der Waals surface area contributed by atoms with Crippen LogP contribution in [0.2, 0.25) is 0 Å². The molecule has 0 fully saturated rings. The van der Waals surface area contributed by atoms with Crippen molar-refractivity contribution in [1.82, 2.24) is 14.8 Å². The van der Waals surface area contributed by atoms with Crippen LogP contribution >= 0.6 is 0 Å². The number of hydrogen-bond donors (Lipinski definition) is 3. The third-order valence-electron chi connectivity index (χ3n) is 5.32. The van der Waals surface area contributed by atoms with E-state index < -0.39 is 17.6 Å². The monoisotopic (exact) mass is 494 g/mol. The number of carbonyl (C=O) groups excluding carboxylic acids is 2. The van der Waals surface area contributed by atoms with Crippen LogP contribution in [0.1, 0.15) is 21.5 Å². The summed E-state index contributed by atoms with van der Waals surface area (Å²) in [5, 5.41) is 12.2. The van der Waals surface area contributed by atoms with Crippen molar-refractivity contribution in [1.29, 1.82) is 0 Å². The highest BCUT2D eigenvalue weighted by Gasteiger charge is 2.31. The molecule has 4 rings (SSSR count). The molecule has 3 aromatic carbocycles. The average molecular weight is 494 g/mol. The van der Waals surface area contributed by atoms with Crippen LogP contribution in [0.5, 0.6) is 0 Å². The van der Waals surface area contributed by atoms with Crippen LogP contribution in [0, 0.1) is 6.92 Å². The molecule has 4 aromatic rings. The Labute approximate surface area is 204 Å². The van der Waals surface area contributed by atoms with E-state index in [0.717, 1.165) is 12.1 Å². The maximum Gasteiger partial charge on any atom is 0.416 e. The van der Waals surface area contributed by atoms with Gasteiger partial charge in [-0.05, 0) is 55.0 Å².